The van der Waals surface area contributed by atoms with Crippen molar-refractivity contribution in [1.29, 1.82) is 0 Å². The molecule has 1 aliphatic heterocycles. The predicted molar refractivity (Wildman–Crippen MR) is 52.1 cm³/mol. The average Bonchev–Trinajstić information content (AvgIpc) is 2.04. The first-order chi connectivity index (χ1) is 5.77. The van der Waals surface area contributed by atoms with Crippen molar-refractivity contribution in [3.8, 4) is 0 Å². The molecule has 0 N–H and O–H groups in total. The molecule has 2 fully saturated rings. The highest BCUT2D eigenvalue weighted by molar-refractivity contribution is 4.89. The van der Waals surface area contributed by atoms with E-state index in [2.05, 4.69) is 18.9 Å². The van der Waals surface area contributed by atoms with E-state index in [1.54, 1.807) is 0 Å². The van der Waals surface area contributed by atoms with Gasteiger partial charge in [-0.3, -0.25) is 0 Å². The van der Waals surface area contributed by atoms with Crippen molar-refractivity contribution < 1.29 is 0 Å². The third-order valence-electron chi connectivity index (χ3n) is 3.90. The van der Waals surface area contributed by atoms with E-state index in [-0.39, 0.29) is 0 Å². The molecule has 0 radical (unpaired) electrons. The van der Waals surface area contributed by atoms with Crippen molar-refractivity contribution in [2.24, 2.45) is 17.8 Å². The molecule has 1 saturated heterocycles. The highest BCUT2D eigenvalue weighted by Gasteiger charge is 2.38. The largest absolute Gasteiger partial charge is 0.306 e. The van der Waals surface area contributed by atoms with Crippen molar-refractivity contribution in [1.82, 2.24) is 4.90 Å². The second kappa shape index (κ2) is 3.37. The van der Waals surface area contributed by atoms with Gasteiger partial charge >= 0.3 is 0 Å². The zero-order chi connectivity index (χ0) is 8.55. The van der Waals surface area contributed by atoms with Crippen LogP contribution >= 0.6 is 0 Å². The summed E-state index contributed by atoms with van der Waals surface area (Å²) in [7, 11) is 2.29. The molecular formula is C11H21N. The molecule has 0 aromatic rings. The predicted octanol–water partition coefficient (Wildman–Crippen LogP) is 2.37. The molecule has 1 nitrogen and oxygen atoms in total. The van der Waals surface area contributed by atoms with Gasteiger partial charge in [0.05, 0.1) is 0 Å². The summed E-state index contributed by atoms with van der Waals surface area (Å²) >= 11 is 0. The van der Waals surface area contributed by atoms with E-state index < -0.39 is 0 Å². The summed E-state index contributed by atoms with van der Waals surface area (Å²) in [6, 6.07) is 0. The summed E-state index contributed by atoms with van der Waals surface area (Å²) in [5.74, 6) is 3.13. The Kier molecular flexibility index (Phi) is 2.40. The molecule has 1 heteroatoms. The number of nitrogens with zero attached hydrogens (tertiary/aromatic N) is 1. The van der Waals surface area contributed by atoms with Gasteiger partial charge in [0.15, 0.2) is 0 Å². The molecule has 0 aromatic carbocycles. The Morgan fingerprint density at radius 1 is 1.25 bits per heavy atom. The summed E-state index contributed by atoms with van der Waals surface area (Å²) in [6.45, 7) is 5.12. The lowest BCUT2D eigenvalue weighted by Crippen LogP contribution is -2.44. The highest BCUT2D eigenvalue weighted by Crippen LogP contribution is 2.44. The van der Waals surface area contributed by atoms with Crippen LogP contribution < -0.4 is 0 Å². The standard InChI is InChI=1S/C11H21N/c1-9-7-10-5-3-4-6-12(2)8-11(9)10/h9-11H,3-8H2,1-2H3. The SMILES string of the molecule is CC1CC2CCCCN(C)CC12. The second-order valence-electron chi connectivity index (χ2n) is 4.89. The first kappa shape index (κ1) is 8.55. The average molecular weight is 167 g/mol. The van der Waals surface area contributed by atoms with Gasteiger partial charge in [0, 0.05) is 6.54 Å². The van der Waals surface area contributed by atoms with Crippen molar-refractivity contribution in [3.63, 3.8) is 0 Å². The summed E-state index contributed by atoms with van der Waals surface area (Å²) in [6.07, 6.45) is 5.92. The van der Waals surface area contributed by atoms with Gasteiger partial charge in [-0.25, -0.2) is 0 Å². The normalized spacial score (nSPS) is 44.0. The summed E-state index contributed by atoms with van der Waals surface area (Å²) in [5.41, 5.74) is 0. The second-order valence-corrected chi connectivity index (χ2v) is 4.89. The third-order valence-corrected chi connectivity index (χ3v) is 3.90. The van der Waals surface area contributed by atoms with Crippen molar-refractivity contribution in [2.75, 3.05) is 20.1 Å². The number of likely N-dealkylation sites (tertiary alicyclic amines) is 1. The van der Waals surface area contributed by atoms with E-state index in [0.29, 0.717) is 0 Å². The molecular weight excluding hydrogens is 146 g/mol. The fraction of sp³-hybridized carbons (Fsp3) is 1.00. The van der Waals surface area contributed by atoms with Gasteiger partial charge in [-0.15, -0.1) is 0 Å². The molecule has 3 unspecified atom stereocenters. The first-order valence-electron chi connectivity index (χ1n) is 5.46. The monoisotopic (exact) mass is 167 g/mol. The van der Waals surface area contributed by atoms with E-state index >= 15 is 0 Å². The zero-order valence-corrected chi connectivity index (χ0v) is 8.42. The smallest absolute Gasteiger partial charge is 0.00118 e. The van der Waals surface area contributed by atoms with E-state index in [9.17, 15) is 0 Å². The minimum Gasteiger partial charge on any atom is -0.306 e. The number of hydrogen-bond acceptors (Lipinski definition) is 1. The molecule has 0 bridgehead atoms. The number of fused-ring (bicyclic) bond motifs is 1. The van der Waals surface area contributed by atoms with Crippen LogP contribution in [0.2, 0.25) is 0 Å². The lowest BCUT2D eigenvalue weighted by molar-refractivity contribution is 0.0338. The maximum Gasteiger partial charge on any atom is 0.00118 e. The van der Waals surface area contributed by atoms with Crippen LogP contribution in [-0.2, 0) is 0 Å². The first-order valence-corrected chi connectivity index (χ1v) is 5.46. The van der Waals surface area contributed by atoms with Gasteiger partial charge < -0.3 is 4.90 Å². The molecule has 12 heavy (non-hydrogen) atoms. The van der Waals surface area contributed by atoms with Crippen molar-refractivity contribution in [2.45, 2.75) is 32.6 Å². The van der Waals surface area contributed by atoms with Crippen LogP contribution in [0.4, 0.5) is 0 Å². The van der Waals surface area contributed by atoms with E-state index in [1.807, 2.05) is 0 Å². The Bertz CT molecular complexity index is 155. The van der Waals surface area contributed by atoms with E-state index in [4.69, 9.17) is 0 Å². The molecule has 0 spiro atoms. The fourth-order valence-corrected chi connectivity index (χ4v) is 3.00. The maximum atomic E-state index is 2.53. The Balaban J connectivity index is 1.92. The van der Waals surface area contributed by atoms with E-state index in [1.165, 1.54) is 38.8 Å². The van der Waals surface area contributed by atoms with Gasteiger partial charge in [0.2, 0.25) is 0 Å². The fourth-order valence-electron chi connectivity index (χ4n) is 3.00. The van der Waals surface area contributed by atoms with E-state index in [0.717, 1.165) is 17.8 Å². The number of rotatable bonds is 0. The molecule has 0 amide bonds. The van der Waals surface area contributed by atoms with Gasteiger partial charge in [0.1, 0.15) is 0 Å². The summed E-state index contributed by atoms with van der Waals surface area (Å²) < 4.78 is 0. The van der Waals surface area contributed by atoms with Gasteiger partial charge in [0.25, 0.3) is 0 Å². The lowest BCUT2D eigenvalue weighted by Gasteiger charge is -2.46. The summed E-state index contributed by atoms with van der Waals surface area (Å²) in [4.78, 5) is 2.53. The van der Waals surface area contributed by atoms with Gasteiger partial charge in [-0.2, -0.15) is 0 Å². The Morgan fingerprint density at radius 2 is 2.08 bits per heavy atom. The molecule has 70 valence electrons. The number of hydrogen-bond donors (Lipinski definition) is 0. The van der Waals surface area contributed by atoms with Crippen molar-refractivity contribution >= 4 is 0 Å². The molecule has 1 saturated carbocycles. The van der Waals surface area contributed by atoms with Crippen LogP contribution in [0.5, 0.6) is 0 Å². The van der Waals surface area contributed by atoms with Crippen LogP contribution in [0.3, 0.4) is 0 Å². The maximum absolute atomic E-state index is 2.53. The van der Waals surface area contributed by atoms with Crippen molar-refractivity contribution in [3.05, 3.63) is 0 Å². The molecule has 1 aliphatic carbocycles. The molecule has 2 rings (SSSR count). The summed E-state index contributed by atoms with van der Waals surface area (Å²) in [5, 5.41) is 0. The van der Waals surface area contributed by atoms with Gasteiger partial charge in [-0.05, 0) is 44.2 Å². The highest BCUT2D eigenvalue weighted by atomic mass is 15.1. The lowest BCUT2D eigenvalue weighted by atomic mass is 9.63. The Hall–Kier alpha value is -0.0400. The van der Waals surface area contributed by atoms with Crippen LogP contribution in [-0.4, -0.2) is 25.0 Å². The van der Waals surface area contributed by atoms with Crippen LogP contribution in [0, 0.1) is 17.8 Å². The van der Waals surface area contributed by atoms with Crippen LogP contribution in [0.15, 0.2) is 0 Å². The molecule has 1 heterocycles. The Morgan fingerprint density at radius 3 is 2.83 bits per heavy atom. The molecule has 0 aromatic heterocycles. The molecule has 3 atom stereocenters. The Labute approximate surface area is 76.1 Å². The minimum atomic E-state index is 1.01. The quantitative estimate of drug-likeness (QED) is 0.535. The topological polar surface area (TPSA) is 3.24 Å². The van der Waals surface area contributed by atoms with Crippen LogP contribution in [0.1, 0.15) is 32.6 Å². The minimum absolute atomic E-state index is 1.01. The van der Waals surface area contributed by atoms with Crippen LogP contribution in [0.25, 0.3) is 0 Å². The third kappa shape index (κ3) is 1.52. The van der Waals surface area contributed by atoms with Gasteiger partial charge in [-0.1, -0.05) is 19.8 Å². The molecule has 2 aliphatic rings. The zero-order valence-electron chi connectivity index (χ0n) is 8.42.